The molecule has 146 valence electrons. The fourth-order valence-electron chi connectivity index (χ4n) is 2.79. The Morgan fingerprint density at radius 1 is 0.963 bits per heavy atom. The minimum Gasteiger partial charge on any atom is -0.493 e. The molecule has 6 nitrogen and oxygen atoms in total. The van der Waals surface area contributed by atoms with E-state index in [1.165, 1.54) is 5.56 Å². The molecular weight excluding hydrogens is 342 g/mol. The van der Waals surface area contributed by atoms with E-state index in [1.54, 1.807) is 21.3 Å². The molecular formula is C21H29N3O3. The number of aliphatic imine (C=N–C) groups is 1. The van der Waals surface area contributed by atoms with Crippen LogP contribution in [-0.2, 0) is 13.1 Å². The zero-order valence-electron chi connectivity index (χ0n) is 16.8. The van der Waals surface area contributed by atoms with Crippen LogP contribution < -0.4 is 19.5 Å². The highest BCUT2D eigenvalue weighted by Gasteiger charge is 2.13. The monoisotopic (exact) mass is 371 g/mol. The first kappa shape index (κ1) is 20.4. The summed E-state index contributed by atoms with van der Waals surface area (Å²) in [6.07, 6.45) is 0. The quantitative estimate of drug-likeness (QED) is 0.570. The second kappa shape index (κ2) is 10.3. The average molecular weight is 371 g/mol. The van der Waals surface area contributed by atoms with Crippen LogP contribution in [0.15, 0.2) is 47.5 Å². The van der Waals surface area contributed by atoms with Crippen molar-refractivity contribution in [3.8, 4) is 17.2 Å². The highest BCUT2D eigenvalue weighted by Crippen LogP contribution is 2.38. The maximum absolute atomic E-state index is 5.42. The van der Waals surface area contributed by atoms with Crippen molar-refractivity contribution in [1.29, 1.82) is 0 Å². The van der Waals surface area contributed by atoms with Crippen LogP contribution in [0.25, 0.3) is 0 Å². The molecule has 2 aromatic rings. The van der Waals surface area contributed by atoms with Crippen LogP contribution >= 0.6 is 0 Å². The van der Waals surface area contributed by atoms with Gasteiger partial charge in [0.05, 0.1) is 27.9 Å². The average Bonchev–Trinajstić information content (AvgIpc) is 2.70. The van der Waals surface area contributed by atoms with Crippen LogP contribution in [0.1, 0.15) is 18.1 Å². The van der Waals surface area contributed by atoms with E-state index in [0.29, 0.717) is 23.8 Å². The van der Waals surface area contributed by atoms with Gasteiger partial charge in [0.15, 0.2) is 17.5 Å². The molecule has 0 aromatic heterocycles. The molecule has 0 saturated carbocycles. The highest BCUT2D eigenvalue weighted by atomic mass is 16.5. The van der Waals surface area contributed by atoms with Gasteiger partial charge in [-0.25, -0.2) is 4.99 Å². The third kappa shape index (κ3) is 5.54. The summed E-state index contributed by atoms with van der Waals surface area (Å²) < 4.78 is 16.2. The van der Waals surface area contributed by atoms with Crippen molar-refractivity contribution >= 4 is 5.96 Å². The van der Waals surface area contributed by atoms with Gasteiger partial charge >= 0.3 is 0 Å². The van der Waals surface area contributed by atoms with E-state index < -0.39 is 0 Å². The maximum Gasteiger partial charge on any atom is 0.203 e. The van der Waals surface area contributed by atoms with E-state index in [4.69, 9.17) is 19.2 Å². The molecule has 0 saturated heterocycles. The van der Waals surface area contributed by atoms with Gasteiger partial charge in [-0.05, 0) is 30.2 Å². The molecule has 0 bridgehead atoms. The van der Waals surface area contributed by atoms with Crippen molar-refractivity contribution in [1.82, 2.24) is 10.2 Å². The lowest BCUT2D eigenvalue weighted by Gasteiger charge is -2.22. The van der Waals surface area contributed by atoms with Crippen LogP contribution in [-0.4, -0.2) is 45.8 Å². The Kier molecular flexibility index (Phi) is 7.79. The minimum atomic E-state index is 0.498. The molecule has 0 amide bonds. The predicted octanol–water partition coefficient (Wildman–Crippen LogP) is 3.31. The normalized spacial score (nSPS) is 11.1. The molecule has 27 heavy (non-hydrogen) atoms. The van der Waals surface area contributed by atoms with Crippen molar-refractivity contribution in [2.75, 3.05) is 34.9 Å². The van der Waals surface area contributed by atoms with Crippen LogP contribution in [0.2, 0.25) is 0 Å². The number of guanidine groups is 1. The van der Waals surface area contributed by atoms with Crippen molar-refractivity contribution in [2.45, 2.75) is 20.0 Å². The van der Waals surface area contributed by atoms with Gasteiger partial charge < -0.3 is 24.4 Å². The molecule has 0 unspecified atom stereocenters. The SMILES string of the molecule is CCNC(=NCc1cc(OC)c(OC)c(OC)c1)N(C)Cc1ccccc1. The molecule has 0 atom stereocenters. The molecule has 1 N–H and O–H groups in total. The van der Waals surface area contributed by atoms with Crippen LogP contribution in [0.5, 0.6) is 17.2 Å². The first-order valence-corrected chi connectivity index (χ1v) is 8.95. The van der Waals surface area contributed by atoms with Gasteiger partial charge in [-0.1, -0.05) is 30.3 Å². The number of benzene rings is 2. The summed E-state index contributed by atoms with van der Waals surface area (Å²) in [5.74, 6) is 2.69. The van der Waals surface area contributed by atoms with E-state index in [1.807, 2.05) is 37.4 Å². The molecule has 2 rings (SSSR count). The van der Waals surface area contributed by atoms with Gasteiger partial charge in [0.25, 0.3) is 0 Å². The van der Waals surface area contributed by atoms with Crippen molar-refractivity contribution in [3.05, 3.63) is 53.6 Å². The topological polar surface area (TPSA) is 55.3 Å². The van der Waals surface area contributed by atoms with E-state index in [-0.39, 0.29) is 0 Å². The third-order valence-electron chi connectivity index (χ3n) is 4.09. The molecule has 0 spiro atoms. The lowest BCUT2D eigenvalue weighted by molar-refractivity contribution is 0.324. The summed E-state index contributed by atoms with van der Waals surface area (Å²) in [7, 11) is 6.85. The lowest BCUT2D eigenvalue weighted by Crippen LogP contribution is -2.38. The van der Waals surface area contributed by atoms with Gasteiger partial charge in [0.1, 0.15) is 0 Å². The Labute approximate surface area is 161 Å². The van der Waals surface area contributed by atoms with Gasteiger partial charge in [0, 0.05) is 20.1 Å². The largest absolute Gasteiger partial charge is 0.493 e. The molecule has 0 aliphatic heterocycles. The van der Waals surface area contributed by atoms with Gasteiger partial charge in [0.2, 0.25) is 5.75 Å². The Bertz CT molecular complexity index is 723. The zero-order chi connectivity index (χ0) is 19.6. The second-order valence-electron chi connectivity index (χ2n) is 6.05. The molecule has 2 aromatic carbocycles. The van der Waals surface area contributed by atoms with Gasteiger partial charge in [-0.3, -0.25) is 0 Å². The summed E-state index contributed by atoms with van der Waals surface area (Å²) >= 11 is 0. The summed E-state index contributed by atoms with van der Waals surface area (Å²) in [4.78, 5) is 6.87. The lowest BCUT2D eigenvalue weighted by atomic mass is 10.2. The van der Waals surface area contributed by atoms with Crippen LogP contribution in [0, 0.1) is 0 Å². The number of methoxy groups -OCH3 is 3. The predicted molar refractivity (Wildman–Crippen MR) is 109 cm³/mol. The second-order valence-corrected chi connectivity index (χ2v) is 6.05. The number of nitrogens with one attached hydrogen (secondary N) is 1. The van der Waals surface area contributed by atoms with E-state index >= 15 is 0 Å². The van der Waals surface area contributed by atoms with Gasteiger partial charge in [-0.15, -0.1) is 0 Å². The fourth-order valence-corrected chi connectivity index (χ4v) is 2.79. The third-order valence-corrected chi connectivity index (χ3v) is 4.09. The number of hydrogen-bond acceptors (Lipinski definition) is 4. The Balaban J connectivity index is 2.20. The Hall–Kier alpha value is -2.89. The van der Waals surface area contributed by atoms with E-state index in [9.17, 15) is 0 Å². The highest BCUT2D eigenvalue weighted by molar-refractivity contribution is 5.79. The fraction of sp³-hybridized carbons (Fsp3) is 0.381. The van der Waals surface area contributed by atoms with E-state index in [2.05, 4.69) is 29.3 Å². The minimum absolute atomic E-state index is 0.498. The smallest absolute Gasteiger partial charge is 0.203 e. The number of nitrogens with zero attached hydrogens (tertiary/aromatic N) is 2. The Morgan fingerprint density at radius 2 is 1.59 bits per heavy atom. The van der Waals surface area contributed by atoms with Crippen molar-refractivity contribution in [3.63, 3.8) is 0 Å². The number of rotatable bonds is 8. The standard InChI is InChI=1S/C21H29N3O3/c1-6-22-21(24(2)15-16-10-8-7-9-11-16)23-14-17-12-18(25-3)20(27-5)19(13-17)26-4/h7-13H,6,14-15H2,1-5H3,(H,22,23). The van der Waals surface area contributed by atoms with E-state index in [0.717, 1.165) is 24.6 Å². The molecule has 0 aliphatic rings. The summed E-state index contributed by atoms with van der Waals surface area (Å²) in [6, 6.07) is 14.2. The summed E-state index contributed by atoms with van der Waals surface area (Å²) in [6.45, 7) is 4.14. The molecule has 0 radical (unpaired) electrons. The Morgan fingerprint density at radius 3 is 2.11 bits per heavy atom. The maximum atomic E-state index is 5.42. The van der Waals surface area contributed by atoms with Crippen molar-refractivity contribution in [2.24, 2.45) is 4.99 Å². The number of ether oxygens (including phenoxy) is 3. The summed E-state index contributed by atoms with van der Waals surface area (Å²) in [5.41, 5.74) is 2.21. The zero-order valence-corrected chi connectivity index (χ0v) is 16.8. The molecule has 0 fully saturated rings. The van der Waals surface area contributed by atoms with Crippen molar-refractivity contribution < 1.29 is 14.2 Å². The molecule has 0 heterocycles. The first-order valence-electron chi connectivity index (χ1n) is 8.95. The summed E-state index contributed by atoms with van der Waals surface area (Å²) in [5, 5.41) is 3.34. The molecule has 0 aliphatic carbocycles. The molecule has 6 heteroatoms. The number of hydrogen-bond donors (Lipinski definition) is 1. The van der Waals surface area contributed by atoms with Crippen LogP contribution in [0.4, 0.5) is 0 Å². The first-order chi connectivity index (χ1) is 13.1. The van der Waals surface area contributed by atoms with Crippen LogP contribution in [0.3, 0.4) is 0 Å². The van der Waals surface area contributed by atoms with Gasteiger partial charge in [-0.2, -0.15) is 0 Å².